The molecule has 8 nitrogen and oxygen atoms in total. The molecule has 0 aromatic heterocycles. The molecule has 1 N–H and O–H groups in total. The molecule has 1 fully saturated rings. The summed E-state index contributed by atoms with van der Waals surface area (Å²) in [6, 6.07) is 0. The highest BCUT2D eigenvalue weighted by atomic mass is 16.7. The van der Waals surface area contributed by atoms with E-state index in [0.717, 1.165) is 13.0 Å². The lowest BCUT2D eigenvalue weighted by molar-refractivity contribution is -1.01. The maximum atomic E-state index is 12.3. The van der Waals surface area contributed by atoms with Crippen LogP contribution in [-0.4, -0.2) is 99.8 Å². The predicted molar refractivity (Wildman–Crippen MR) is 102 cm³/mol. The fourth-order valence-corrected chi connectivity index (χ4v) is 3.04. The molecule has 0 spiro atoms. The summed E-state index contributed by atoms with van der Waals surface area (Å²) >= 11 is 0. The maximum Gasteiger partial charge on any atom is 0.293 e. The molecule has 1 heterocycles. The number of amides is 1. The van der Waals surface area contributed by atoms with Crippen molar-refractivity contribution in [2.24, 2.45) is 0 Å². The minimum atomic E-state index is -0.679. The van der Waals surface area contributed by atoms with Gasteiger partial charge in [-0.05, 0) is 13.3 Å². The highest BCUT2D eigenvalue weighted by molar-refractivity contribution is 5.91. The van der Waals surface area contributed by atoms with E-state index in [1.807, 2.05) is 7.05 Å². The molecule has 1 aliphatic heterocycles. The Morgan fingerprint density at radius 1 is 1.30 bits per heavy atom. The van der Waals surface area contributed by atoms with Crippen LogP contribution in [0, 0.1) is 0 Å². The van der Waals surface area contributed by atoms with E-state index in [0.29, 0.717) is 56.2 Å². The van der Waals surface area contributed by atoms with Crippen LogP contribution in [0.25, 0.3) is 0 Å². The number of quaternary nitrogens is 1. The maximum absolute atomic E-state index is 12.3. The molecule has 0 radical (unpaired) electrons. The summed E-state index contributed by atoms with van der Waals surface area (Å²) in [5.74, 6) is -0.123. The minimum Gasteiger partial charge on any atom is -0.385 e. The van der Waals surface area contributed by atoms with E-state index in [1.165, 1.54) is 0 Å². The van der Waals surface area contributed by atoms with Gasteiger partial charge < -0.3 is 24.1 Å². The van der Waals surface area contributed by atoms with Crippen molar-refractivity contribution in [3.63, 3.8) is 0 Å². The van der Waals surface area contributed by atoms with E-state index in [4.69, 9.17) is 18.9 Å². The van der Waals surface area contributed by atoms with Gasteiger partial charge >= 0.3 is 0 Å². The van der Waals surface area contributed by atoms with Gasteiger partial charge in [0.2, 0.25) is 0 Å². The summed E-state index contributed by atoms with van der Waals surface area (Å²) in [4.78, 5) is 12.3. The number of rotatable bonds is 14. The van der Waals surface area contributed by atoms with E-state index in [1.54, 1.807) is 19.0 Å². The van der Waals surface area contributed by atoms with Crippen LogP contribution in [0.3, 0.4) is 0 Å². The van der Waals surface area contributed by atoms with Gasteiger partial charge in [-0.25, -0.2) is 4.59 Å². The van der Waals surface area contributed by atoms with Gasteiger partial charge in [-0.15, -0.1) is 0 Å². The van der Waals surface area contributed by atoms with Crippen molar-refractivity contribution < 1.29 is 33.4 Å². The van der Waals surface area contributed by atoms with Gasteiger partial charge in [0.15, 0.2) is 6.29 Å². The molecule has 0 saturated carbocycles. The van der Waals surface area contributed by atoms with Gasteiger partial charge in [0.1, 0.15) is 19.2 Å². The number of likely N-dealkylation sites (N-methyl/N-ethyl adjacent to an activating group) is 2. The third-order valence-corrected chi connectivity index (χ3v) is 4.56. The van der Waals surface area contributed by atoms with Gasteiger partial charge in [-0.1, -0.05) is 13.5 Å². The van der Waals surface area contributed by atoms with Gasteiger partial charge in [0.25, 0.3) is 5.91 Å². The van der Waals surface area contributed by atoms with Crippen LogP contribution in [-0.2, 0) is 23.7 Å². The lowest BCUT2D eigenvalue weighted by atomic mass is 10.3. The van der Waals surface area contributed by atoms with Gasteiger partial charge in [-0.2, -0.15) is 5.01 Å². The second-order valence-corrected chi connectivity index (χ2v) is 7.16. The van der Waals surface area contributed by atoms with E-state index < -0.39 is 6.10 Å². The molecule has 27 heavy (non-hydrogen) atoms. The third kappa shape index (κ3) is 8.68. The number of carbonyl (C=O) groups excluding carboxylic acids is 1. The summed E-state index contributed by atoms with van der Waals surface area (Å²) in [7, 11) is 3.68. The van der Waals surface area contributed by atoms with Gasteiger partial charge in [-0.3, -0.25) is 4.79 Å². The van der Waals surface area contributed by atoms with Crippen molar-refractivity contribution in [1.29, 1.82) is 0 Å². The fraction of sp³-hybridized carbons (Fsp3) is 0.842. The van der Waals surface area contributed by atoms with Crippen LogP contribution in [0.2, 0.25) is 0 Å². The van der Waals surface area contributed by atoms with E-state index in [-0.39, 0.29) is 18.8 Å². The summed E-state index contributed by atoms with van der Waals surface area (Å²) in [5.41, 5.74) is 0.481. The molecule has 0 bridgehead atoms. The topological polar surface area (TPSA) is 77.5 Å². The molecule has 0 aromatic carbocycles. The zero-order chi connectivity index (χ0) is 20.3. The highest BCUT2D eigenvalue weighted by Crippen LogP contribution is 2.13. The second-order valence-electron chi connectivity index (χ2n) is 7.16. The van der Waals surface area contributed by atoms with Crippen molar-refractivity contribution in [3.8, 4) is 0 Å². The minimum absolute atomic E-state index is 0.123. The Balaban J connectivity index is 2.25. The summed E-state index contributed by atoms with van der Waals surface area (Å²) < 4.78 is 22.0. The molecule has 2 atom stereocenters. The molecule has 0 aliphatic carbocycles. The highest BCUT2D eigenvalue weighted by Gasteiger charge is 2.33. The van der Waals surface area contributed by atoms with Gasteiger partial charge in [0, 0.05) is 12.0 Å². The number of carbonyl (C=O) groups is 1. The molecule has 0 aromatic rings. The Labute approximate surface area is 163 Å². The summed E-state index contributed by atoms with van der Waals surface area (Å²) in [5, 5.41) is 12.0. The Hall–Kier alpha value is -1.03. The predicted octanol–water partition coefficient (Wildman–Crippen LogP) is 0.950. The lowest BCUT2D eigenvalue weighted by Crippen LogP contribution is -2.61. The van der Waals surface area contributed by atoms with Crippen LogP contribution in [0.5, 0.6) is 0 Å². The number of aliphatic hydroxyl groups is 1. The molecule has 1 amide bonds. The lowest BCUT2D eigenvalue weighted by Gasteiger charge is -2.41. The van der Waals surface area contributed by atoms with Crippen molar-refractivity contribution in [3.05, 3.63) is 12.2 Å². The molecule has 158 valence electrons. The second kappa shape index (κ2) is 12.4. The molecule has 1 rings (SSSR count). The molecule has 2 unspecified atom stereocenters. The molecule has 1 aliphatic rings. The third-order valence-electron chi connectivity index (χ3n) is 4.56. The van der Waals surface area contributed by atoms with E-state index in [9.17, 15) is 9.90 Å². The zero-order valence-corrected chi connectivity index (χ0v) is 17.3. The van der Waals surface area contributed by atoms with Crippen molar-refractivity contribution in [1.82, 2.24) is 5.01 Å². The Kier molecular flexibility index (Phi) is 11.1. The Morgan fingerprint density at radius 2 is 1.93 bits per heavy atom. The van der Waals surface area contributed by atoms with Crippen molar-refractivity contribution in [2.75, 3.05) is 66.8 Å². The number of hydrogen-bond acceptors (Lipinski definition) is 6. The Bertz CT molecular complexity index is 455. The smallest absolute Gasteiger partial charge is 0.293 e. The monoisotopic (exact) mass is 389 g/mol. The van der Waals surface area contributed by atoms with Crippen LogP contribution < -0.4 is 0 Å². The van der Waals surface area contributed by atoms with Crippen LogP contribution in [0.1, 0.15) is 26.7 Å². The normalized spacial score (nSPS) is 18.3. The van der Waals surface area contributed by atoms with Crippen molar-refractivity contribution in [2.45, 2.75) is 39.1 Å². The van der Waals surface area contributed by atoms with E-state index in [2.05, 4.69) is 13.5 Å². The largest absolute Gasteiger partial charge is 0.385 e. The SMILES string of the molecule is C=C(C)C(=O)N(C)[N+](C)(CCC)CC(O)COCCOCCC1OCCO1. The van der Waals surface area contributed by atoms with Crippen LogP contribution in [0.15, 0.2) is 12.2 Å². The first-order valence-corrected chi connectivity index (χ1v) is 9.65. The van der Waals surface area contributed by atoms with Crippen LogP contribution in [0.4, 0.5) is 0 Å². The van der Waals surface area contributed by atoms with Crippen molar-refractivity contribution >= 4 is 5.91 Å². The molecule has 1 saturated heterocycles. The number of nitrogens with zero attached hydrogens (tertiary/aromatic N) is 2. The van der Waals surface area contributed by atoms with Gasteiger partial charge in [0.05, 0.1) is 53.7 Å². The summed E-state index contributed by atoms with van der Waals surface area (Å²) in [6.45, 7) is 11.5. The standard InChI is InChI=1S/C19H37N2O6/c1-6-8-21(5,20(4)19(23)16(2)3)14-17(22)15-25-11-10-24-9-7-18-26-12-13-27-18/h17-18,22H,2,6-15H2,1,3-5H3/q+1. The molecular weight excluding hydrogens is 352 g/mol. The quantitative estimate of drug-likeness (QED) is 0.206. The molecule has 8 heteroatoms. The average Bonchev–Trinajstić information content (AvgIpc) is 3.13. The van der Waals surface area contributed by atoms with Crippen LogP contribution >= 0.6 is 0 Å². The first-order valence-electron chi connectivity index (χ1n) is 9.65. The Morgan fingerprint density at radius 3 is 2.52 bits per heavy atom. The summed E-state index contributed by atoms with van der Waals surface area (Å²) in [6.07, 6.45) is 0.765. The number of ether oxygens (including phenoxy) is 4. The first kappa shape index (κ1) is 24.0. The molecular formula is C19H37N2O6+. The first-order chi connectivity index (χ1) is 12.8. The van der Waals surface area contributed by atoms with E-state index >= 15 is 0 Å². The zero-order valence-electron chi connectivity index (χ0n) is 17.3. The average molecular weight is 390 g/mol. The number of hydrogen-bond donors (Lipinski definition) is 1. The fourth-order valence-electron chi connectivity index (χ4n) is 3.04. The number of aliphatic hydroxyl groups excluding tert-OH is 1.